The largest absolute Gasteiger partial charge is 0.618 e. The van der Waals surface area contributed by atoms with Crippen LogP contribution in [-0.4, -0.2) is 21.7 Å². The summed E-state index contributed by atoms with van der Waals surface area (Å²) in [5.41, 5.74) is 0.651. The van der Waals surface area contributed by atoms with Gasteiger partial charge in [0.25, 0.3) is 11.5 Å². The lowest BCUT2D eigenvalue weighted by atomic mass is 10.0. The van der Waals surface area contributed by atoms with Crippen molar-refractivity contribution in [1.82, 2.24) is 0 Å². The van der Waals surface area contributed by atoms with E-state index < -0.39 is 10.7 Å². The zero-order chi connectivity index (χ0) is 16.6. The Labute approximate surface area is 135 Å². The standard InChI is InChI=1S/C16H9ClN2O4/c17-13(10-4-2-1-3-5-10)7-11-6-12-15(8-14(11)19(22)23)18(21)9-16(12)20/h1-9H/b13-7+. The number of ketones is 1. The van der Waals surface area contributed by atoms with E-state index in [0.29, 0.717) is 15.3 Å². The summed E-state index contributed by atoms with van der Waals surface area (Å²) in [7, 11) is 0. The van der Waals surface area contributed by atoms with Crippen molar-refractivity contribution in [3.05, 3.63) is 74.5 Å². The van der Waals surface area contributed by atoms with E-state index in [1.54, 1.807) is 24.3 Å². The lowest BCUT2D eigenvalue weighted by Crippen LogP contribution is -1.97. The molecule has 1 aliphatic heterocycles. The van der Waals surface area contributed by atoms with Gasteiger partial charge in [-0.05, 0) is 17.7 Å². The van der Waals surface area contributed by atoms with Crippen LogP contribution in [0.1, 0.15) is 21.5 Å². The zero-order valence-corrected chi connectivity index (χ0v) is 12.4. The SMILES string of the molecule is O=C1C=[N+]([O-])c2cc([N+](=O)[O-])c(/C=C(/Cl)c3ccccc3)cc21. The molecule has 114 valence electrons. The number of Topliss-reactive ketones (excluding diaryl/α,β-unsaturated/α-hetero) is 1. The molecule has 0 amide bonds. The Hall–Kier alpha value is -2.99. The van der Waals surface area contributed by atoms with E-state index in [2.05, 4.69) is 0 Å². The van der Waals surface area contributed by atoms with Gasteiger partial charge in [0.15, 0.2) is 0 Å². The second-order valence-electron chi connectivity index (χ2n) is 4.86. The Morgan fingerprint density at radius 2 is 1.91 bits per heavy atom. The lowest BCUT2D eigenvalue weighted by molar-refractivity contribution is -0.387. The van der Waals surface area contributed by atoms with E-state index in [9.17, 15) is 20.1 Å². The van der Waals surface area contributed by atoms with Crippen LogP contribution in [0.4, 0.5) is 11.4 Å². The van der Waals surface area contributed by atoms with Crippen molar-refractivity contribution in [2.75, 3.05) is 0 Å². The molecule has 23 heavy (non-hydrogen) atoms. The number of hydrogen-bond donors (Lipinski definition) is 0. The highest BCUT2D eigenvalue weighted by Gasteiger charge is 2.30. The highest BCUT2D eigenvalue weighted by atomic mass is 35.5. The number of halogens is 1. The van der Waals surface area contributed by atoms with E-state index in [0.717, 1.165) is 12.3 Å². The van der Waals surface area contributed by atoms with Crippen LogP contribution in [0, 0.1) is 15.3 Å². The van der Waals surface area contributed by atoms with Gasteiger partial charge in [-0.25, -0.2) is 0 Å². The summed E-state index contributed by atoms with van der Waals surface area (Å²) < 4.78 is 0.330. The van der Waals surface area contributed by atoms with E-state index in [1.165, 1.54) is 12.1 Å². The summed E-state index contributed by atoms with van der Waals surface area (Å²) in [6.45, 7) is 0. The fraction of sp³-hybridized carbons (Fsp3) is 0. The van der Waals surface area contributed by atoms with Gasteiger partial charge in [0, 0.05) is 5.03 Å². The third kappa shape index (κ3) is 2.72. The molecule has 2 aromatic rings. The third-order valence-corrected chi connectivity index (χ3v) is 3.74. The normalized spacial score (nSPS) is 13.7. The minimum atomic E-state index is -0.613. The second kappa shape index (κ2) is 5.66. The molecular formula is C16H9ClN2O4. The van der Waals surface area contributed by atoms with Gasteiger partial charge in [-0.3, -0.25) is 14.9 Å². The number of carbonyl (C=O) groups is 1. The molecule has 1 aliphatic rings. The van der Waals surface area contributed by atoms with Crippen LogP contribution in [0.15, 0.2) is 42.5 Å². The highest BCUT2D eigenvalue weighted by Crippen LogP contribution is 2.34. The number of carbonyl (C=O) groups excluding carboxylic acids is 1. The van der Waals surface area contributed by atoms with Crippen molar-refractivity contribution in [2.24, 2.45) is 0 Å². The number of benzene rings is 2. The molecule has 0 unspecified atom stereocenters. The van der Waals surface area contributed by atoms with E-state index in [4.69, 9.17) is 11.6 Å². The number of nitro groups is 1. The summed E-state index contributed by atoms with van der Waals surface area (Å²) in [5.74, 6) is -0.490. The average molecular weight is 329 g/mol. The second-order valence-corrected chi connectivity index (χ2v) is 5.27. The van der Waals surface area contributed by atoms with Crippen molar-refractivity contribution < 1.29 is 14.5 Å². The maximum Gasteiger partial charge on any atom is 0.283 e. The topological polar surface area (TPSA) is 86.3 Å². The molecule has 1 heterocycles. The first-order chi connectivity index (χ1) is 11.0. The van der Waals surface area contributed by atoms with Crippen molar-refractivity contribution in [3.63, 3.8) is 0 Å². The Bertz CT molecular complexity index is 888. The lowest BCUT2D eigenvalue weighted by Gasteiger charge is -2.04. The molecule has 0 saturated heterocycles. The Balaban J connectivity index is 2.15. The predicted molar refractivity (Wildman–Crippen MR) is 86.9 cm³/mol. The molecule has 0 aliphatic carbocycles. The first-order valence-corrected chi connectivity index (χ1v) is 6.96. The monoisotopic (exact) mass is 328 g/mol. The fourth-order valence-corrected chi connectivity index (χ4v) is 2.55. The minimum absolute atomic E-state index is 0.0327. The van der Waals surface area contributed by atoms with E-state index >= 15 is 0 Å². The van der Waals surface area contributed by atoms with Gasteiger partial charge < -0.3 is 5.21 Å². The summed E-state index contributed by atoms with van der Waals surface area (Å²) in [4.78, 5) is 22.4. The molecule has 0 fully saturated rings. The van der Waals surface area contributed by atoms with Gasteiger partial charge in [-0.2, -0.15) is 4.74 Å². The Kier molecular flexibility index (Phi) is 3.67. The molecule has 0 aromatic heterocycles. The minimum Gasteiger partial charge on any atom is -0.618 e. The van der Waals surface area contributed by atoms with Gasteiger partial charge in [0.2, 0.25) is 11.9 Å². The van der Waals surface area contributed by atoms with Crippen molar-refractivity contribution in [2.45, 2.75) is 0 Å². The number of nitro benzene ring substituents is 1. The summed E-state index contributed by atoms with van der Waals surface area (Å²) >= 11 is 6.21. The number of rotatable bonds is 3. The molecule has 0 saturated carbocycles. The zero-order valence-electron chi connectivity index (χ0n) is 11.6. The van der Waals surface area contributed by atoms with Gasteiger partial charge in [-0.1, -0.05) is 41.9 Å². The van der Waals surface area contributed by atoms with Gasteiger partial charge in [0.05, 0.1) is 16.6 Å². The van der Waals surface area contributed by atoms with Crippen LogP contribution in [0.3, 0.4) is 0 Å². The van der Waals surface area contributed by atoms with Gasteiger partial charge in [-0.15, -0.1) is 0 Å². The van der Waals surface area contributed by atoms with Crippen LogP contribution in [-0.2, 0) is 0 Å². The molecule has 6 nitrogen and oxygen atoms in total. The molecule has 3 rings (SSSR count). The van der Waals surface area contributed by atoms with E-state index in [-0.39, 0.29) is 22.5 Å². The van der Waals surface area contributed by atoms with Crippen molar-refractivity contribution >= 4 is 46.1 Å². The molecule has 0 atom stereocenters. The Morgan fingerprint density at radius 3 is 2.57 bits per heavy atom. The van der Waals surface area contributed by atoms with Crippen LogP contribution in [0.5, 0.6) is 0 Å². The van der Waals surface area contributed by atoms with Crippen molar-refractivity contribution in [3.8, 4) is 0 Å². The molecule has 0 spiro atoms. The van der Waals surface area contributed by atoms with Crippen LogP contribution in [0.2, 0.25) is 0 Å². The van der Waals surface area contributed by atoms with Gasteiger partial charge in [0.1, 0.15) is 5.56 Å². The fourth-order valence-electron chi connectivity index (χ4n) is 2.31. The maximum atomic E-state index is 11.7. The summed E-state index contributed by atoms with van der Waals surface area (Å²) in [6.07, 6.45) is 2.26. The number of nitrogens with zero attached hydrogens (tertiary/aromatic N) is 2. The smallest absolute Gasteiger partial charge is 0.283 e. The molecule has 0 bridgehead atoms. The average Bonchev–Trinajstić information content (AvgIpc) is 2.81. The highest BCUT2D eigenvalue weighted by molar-refractivity contribution is 6.51. The van der Waals surface area contributed by atoms with Gasteiger partial charge >= 0.3 is 0 Å². The van der Waals surface area contributed by atoms with Crippen LogP contribution in [0.25, 0.3) is 11.1 Å². The first-order valence-electron chi connectivity index (χ1n) is 6.58. The van der Waals surface area contributed by atoms with Crippen LogP contribution < -0.4 is 0 Å². The number of hydrogen-bond acceptors (Lipinski definition) is 4. The van der Waals surface area contributed by atoms with Crippen molar-refractivity contribution in [1.29, 1.82) is 0 Å². The molecule has 7 heteroatoms. The predicted octanol–water partition coefficient (Wildman–Crippen LogP) is 3.74. The molecule has 0 N–H and O–H groups in total. The quantitative estimate of drug-likeness (QED) is 0.282. The van der Waals surface area contributed by atoms with Crippen LogP contribution >= 0.6 is 11.6 Å². The summed E-state index contributed by atoms with van der Waals surface area (Å²) in [5, 5.41) is 23.1. The van der Waals surface area contributed by atoms with E-state index in [1.807, 2.05) is 6.07 Å². The first kappa shape index (κ1) is 14.9. The molecular weight excluding hydrogens is 320 g/mol. The number of fused-ring (bicyclic) bond motifs is 1. The molecule has 2 aromatic carbocycles. The summed E-state index contributed by atoms with van der Waals surface area (Å²) in [6, 6.07) is 11.3. The molecule has 0 radical (unpaired) electrons. The Morgan fingerprint density at radius 1 is 1.22 bits per heavy atom. The third-order valence-electron chi connectivity index (χ3n) is 3.41. The maximum absolute atomic E-state index is 11.7.